The van der Waals surface area contributed by atoms with Crippen LogP contribution in [0.3, 0.4) is 0 Å². The first kappa shape index (κ1) is 14.5. The minimum Gasteiger partial charge on any atom is -0.497 e. The number of benzene rings is 2. The van der Waals surface area contributed by atoms with Crippen molar-refractivity contribution in [2.45, 2.75) is 13.8 Å². The van der Waals surface area contributed by atoms with Gasteiger partial charge < -0.3 is 9.64 Å². The van der Waals surface area contributed by atoms with Crippen LogP contribution >= 0.6 is 12.2 Å². The minimum atomic E-state index is 0.834. The van der Waals surface area contributed by atoms with E-state index in [4.69, 9.17) is 17.0 Å². The van der Waals surface area contributed by atoms with Gasteiger partial charge >= 0.3 is 0 Å². The molecule has 0 aliphatic rings. The first-order valence-electron chi connectivity index (χ1n) is 6.68. The third kappa shape index (κ3) is 3.17. The maximum absolute atomic E-state index is 5.63. The van der Waals surface area contributed by atoms with Gasteiger partial charge in [0, 0.05) is 17.8 Å². The molecule has 0 bridgehead atoms. The van der Waals surface area contributed by atoms with Gasteiger partial charge in [-0.1, -0.05) is 24.4 Å². The highest BCUT2D eigenvalue weighted by molar-refractivity contribution is 7.81. The highest BCUT2D eigenvalue weighted by atomic mass is 32.1. The van der Waals surface area contributed by atoms with E-state index in [1.807, 2.05) is 24.3 Å². The van der Waals surface area contributed by atoms with Crippen LogP contribution in [0, 0.1) is 6.92 Å². The van der Waals surface area contributed by atoms with Crippen LogP contribution in [0.2, 0.25) is 0 Å². The van der Waals surface area contributed by atoms with Crippen LogP contribution < -0.4 is 9.64 Å². The lowest BCUT2D eigenvalue weighted by Crippen LogP contribution is -2.29. The van der Waals surface area contributed by atoms with Crippen LogP contribution in [0.4, 0.5) is 5.69 Å². The summed E-state index contributed by atoms with van der Waals surface area (Å²) >= 11 is 5.63. The molecule has 104 valence electrons. The van der Waals surface area contributed by atoms with E-state index in [-0.39, 0.29) is 0 Å². The lowest BCUT2D eigenvalue weighted by Gasteiger charge is -2.24. The molecule has 0 aliphatic heterocycles. The smallest absolute Gasteiger partial charge is 0.118 e. The molecular weight excluding hydrogens is 266 g/mol. The van der Waals surface area contributed by atoms with E-state index in [0.29, 0.717) is 0 Å². The van der Waals surface area contributed by atoms with E-state index in [1.54, 1.807) is 7.11 Å². The number of ether oxygens (including phenoxy) is 1. The third-order valence-electron chi connectivity index (χ3n) is 3.21. The molecule has 0 amide bonds. The van der Waals surface area contributed by atoms with Gasteiger partial charge in [-0.25, -0.2) is 0 Å². The van der Waals surface area contributed by atoms with Gasteiger partial charge in [0.2, 0.25) is 0 Å². The Bertz CT molecular complexity index is 592. The molecule has 3 heteroatoms. The van der Waals surface area contributed by atoms with Crippen LogP contribution in [0.15, 0.2) is 48.5 Å². The zero-order chi connectivity index (χ0) is 14.5. The maximum atomic E-state index is 5.63. The molecule has 2 aromatic carbocycles. The second-order valence-corrected chi connectivity index (χ2v) is 5.00. The maximum Gasteiger partial charge on any atom is 0.118 e. The molecule has 0 saturated heterocycles. The Hall–Kier alpha value is -1.87. The number of methoxy groups -OCH3 is 1. The summed E-state index contributed by atoms with van der Waals surface area (Å²) in [6, 6.07) is 16.3. The van der Waals surface area contributed by atoms with E-state index >= 15 is 0 Å². The SMILES string of the molecule is CCN(C(=S)c1ccc(OC)cc1)c1cccc(C)c1. The van der Waals surface area contributed by atoms with Gasteiger partial charge in [-0.15, -0.1) is 0 Å². The molecule has 2 nitrogen and oxygen atoms in total. The van der Waals surface area contributed by atoms with Gasteiger partial charge in [0.05, 0.1) is 7.11 Å². The third-order valence-corrected chi connectivity index (χ3v) is 3.67. The number of thiocarbonyl (C=S) groups is 1. The molecule has 2 aromatic rings. The number of hydrogen-bond donors (Lipinski definition) is 0. The Morgan fingerprint density at radius 1 is 1.15 bits per heavy atom. The van der Waals surface area contributed by atoms with Gasteiger partial charge in [-0.2, -0.15) is 0 Å². The van der Waals surface area contributed by atoms with Crippen LogP contribution in [0.25, 0.3) is 0 Å². The van der Waals surface area contributed by atoms with Crippen molar-refractivity contribution >= 4 is 22.9 Å². The molecule has 0 spiro atoms. The number of hydrogen-bond acceptors (Lipinski definition) is 2. The number of nitrogens with zero attached hydrogens (tertiary/aromatic N) is 1. The van der Waals surface area contributed by atoms with Crippen molar-refractivity contribution in [2.24, 2.45) is 0 Å². The zero-order valence-corrected chi connectivity index (χ0v) is 12.9. The predicted molar refractivity (Wildman–Crippen MR) is 88.9 cm³/mol. The average Bonchev–Trinajstić information content (AvgIpc) is 2.48. The van der Waals surface area contributed by atoms with Crippen molar-refractivity contribution in [3.05, 3.63) is 59.7 Å². The Labute approximate surface area is 126 Å². The Balaban J connectivity index is 2.28. The fourth-order valence-electron chi connectivity index (χ4n) is 2.13. The van der Waals surface area contributed by atoms with Gasteiger partial charge in [-0.3, -0.25) is 0 Å². The summed E-state index contributed by atoms with van der Waals surface area (Å²) in [5, 5.41) is 0. The molecule has 0 aliphatic carbocycles. The van der Waals surface area contributed by atoms with Gasteiger partial charge in [0.15, 0.2) is 0 Å². The lowest BCUT2D eigenvalue weighted by molar-refractivity contribution is 0.415. The predicted octanol–water partition coefficient (Wildman–Crippen LogP) is 4.21. The van der Waals surface area contributed by atoms with E-state index in [2.05, 4.69) is 43.0 Å². The van der Waals surface area contributed by atoms with Gasteiger partial charge in [0.1, 0.15) is 10.7 Å². The standard InChI is InChI=1S/C17H19NOS/c1-4-18(15-7-5-6-13(2)12-15)17(20)14-8-10-16(19-3)11-9-14/h5-12H,4H2,1-3H3. The van der Waals surface area contributed by atoms with Crippen LogP contribution in [-0.2, 0) is 0 Å². The molecule has 0 atom stereocenters. The summed E-state index contributed by atoms with van der Waals surface area (Å²) in [7, 11) is 1.67. The molecule has 0 N–H and O–H groups in total. The summed E-state index contributed by atoms with van der Waals surface area (Å²) in [5.41, 5.74) is 3.40. The van der Waals surface area contributed by atoms with E-state index in [0.717, 1.165) is 28.5 Å². The highest BCUT2D eigenvalue weighted by Crippen LogP contribution is 2.20. The number of anilines is 1. The largest absolute Gasteiger partial charge is 0.497 e. The van der Waals surface area contributed by atoms with Gasteiger partial charge in [-0.05, 0) is 55.8 Å². The fraction of sp³-hybridized carbons (Fsp3) is 0.235. The van der Waals surface area contributed by atoms with E-state index < -0.39 is 0 Å². The van der Waals surface area contributed by atoms with Crippen LogP contribution in [0.5, 0.6) is 5.75 Å². The summed E-state index contributed by atoms with van der Waals surface area (Å²) in [4.78, 5) is 2.98. The second-order valence-electron chi connectivity index (χ2n) is 4.62. The number of aryl methyl sites for hydroxylation is 1. The van der Waals surface area contributed by atoms with E-state index in [9.17, 15) is 0 Å². The molecular formula is C17H19NOS. The van der Waals surface area contributed by atoms with Crippen LogP contribution in [0.1, 0.15) is 18.1 Å². The molecule has 0 fully saturated rings. The summed E-state index contributed by atoms with van der Waals surface area (Å²) in [6.45, 7) is 5.04. The molecule has 0 saturated carbocycles. The molecule has 2 rings (SSSR count). The second kappa shape index (κ2) is 6.53. The Morgan fingerprint density at radius 3 is 2.40 bits per heavy atom. The van der Waals surface area contributed by atoms with Crippen molar-refractivity contribution < 1.29 is 4.74 Å². The lowest BCUT2D eigenvalue weighted by atomic mass is 10.1. The van der Waals surface area contributed by atoms with Crippen molar-refractivity contribution in [1.82, 2.24) is 0 Å². The molecule has 0 aromatic heterocycles. The molecule has 20 heavy (non-hydrogen) atoms. The first-order valence-corrected chi connectivity index (χ1v) is 7.09. The molecule has 0 heterocycles. The summed E-state index contributed by atoms with van der Waals surface area (Å²) in [5.74, 6) is 0.843. The Morgan fingerprint density at radius 2 is 1.85 bits per heavy atom. The minimum absolute atomic E-state index is 0.834. The van der Waals surface area contributed by atoms with Crippen molar-refractivity contribution in [1.29, 1.82) is 0 Å². The first-order chi connectivity index (χ1) is 9.65. The van der Waals surface area contributed by atoms with E-state index in [1.165, 1.54) is 5.56 Å². The summed E-state index contributed by atoms with van der Waals surface area (Å²) in [6.07, 6.45) is 0. The molecule has 0 unspecified atom stereocenters. The van der Waals surface area contributed by atoms with Crippen molar-refractivity contribution in [2.75, 3.05) is 18.6 Å². The van der Waals surface area contributed by atoms with Crippen molar-refractivity contribution in [3.63, 3.8) is 0 Å². The topological polar surface area (TPSA) is 12.5 Å². The zero-order valence-electron chi connectivity index (χ0n) is 12.1. The molecule has 0 radical (unpaired) electrons. The van der Waals surface area contributed by atoms with Crippen LogP contribution in [-0.4, -0.2) is 18.6 Å². The Kier molecular flexibility index (Phi) is 4.74. The normalized spacial score (nSPS) is 10.2. The number of rotatable bonds is 4. The summed E-state index contributed by atoms with van der Waals surface area (Å²) < 4.78 is 5.18. The average molecular weight is 285 g/mol. The van der Waals surface area contributed by atoms with Gasteiger partial charge in [0.25, 0.3) is 0 Å². The fourth-order valence-corrected chi connectivity index (χ4v) is 2.50. The quantitative estimate of drug-likeness (QED) is 0.781. The van der Waals surface area contributed by atoms with Crippen molar-refractivity contribution in [3.8, 4) is 5.75 Å². The highest BCUT2D eigenvalue weighted by Gasteiger charge is 2.12. The monoisotopic (exact) mass is 285 g/mol.